The number of amides is 1. The molecule has 0 aromatic heterocycles. The summed E-state index contributed by atoms with van der Waals surface area (Å²) in [5, 5.41) is 2.72. The zero-order chi connectivity index (χ0) is 15.0. The first-order valence-electron chi connectivity index (χ1n) is 6.43. The van der Waals surface area contributed by atoms with Crippen molar-refractivity contribution in [3.63, 3.8) is 0 Å². The average molecular weight is 344 g/mol. The molecule has 1 amide bonds. The molecular weight excluding hydrogens is 326 g/mol. The number of carbonyl (C=O) groups is 2. The molecule has 5 nitrogen and oxygen atoms in total. The maximum atomic E-state index is 11.5. The van der Waals surface area contributed by atoms with Gasteiger partial charge in [-0.3, -0.25) is 9.59 Å². The Kier molecular flexibility index (Phi) is 7.08. The first-order chi connectivity index (χ1) is 9.62. The predicted molar refractivity (Wildman–Crippen MR) is 79.5 cm³/mol. The second-order valence-electron chi connectivity index (χ2n) is 4.02. The van der Waals surface area contributed by atoms with Gasteiger partial charge >= 0.3 is 0 Å². The summed E-state index contributed by atoms with van der Waals surface area (Å²) in [4.78, 5) is 22.4. The van der Waals surface area contributed by atoms with Crippen molar-refractivity contribution in [3.05, 3.63) is 22.2 Å². The number of ether oxygens (including phenoxy) is 2. The average Bonchev–Trinajstić information content (AvgIpc) is 2.44. The Morgan fingerprint density at radius 3 is 2.70 bits per heavy atom. The van der Waals surface area contributed by atoms with E-state index in [1.807, 2.05) is 13.8 Å². The highest BCUT2D eigenvalue weighted by molar-refractivity contribution is 9.10. The SMILES string of the molecule is CCCNC(=O)COc1c(Br)cc(C=O)cc1OCC. The summed E-state index contributed by atoms with van der Waals surface area (Å²) in [5.41, 5.74) is 0.475. The van der Waals surface area contributed by atoms with Gasteiger partial charge in [-0.05, 0) is 41.4 Å². The molecule has 0 aliphatic heterocycles. The van der Waals surface area contributed by atoms with Crippen LogP contribution in [-0.2, 0) is 4.79 Å². The zero-order valence-electron chi connectivity index (χ0n) is 11.6. The molecule has 0 spiro atoms. The number of nitrogens with one attached hydrogen (secondary N) is 1. The Morgan fingerprint density at radius 2 is 2.10 bits per heavy atom. The molecule has 0 bridgehead atoms. The Labute approximate surface area is 126 Å². The van der Waals surface area contributed by atoms with E-state index in [1.54, 1.807) is 12.1 Å². The van der Waals surface area contributed by atoms with Crippen LogP contribution in [0.1, 0.15) is 30.6 Å². The van der Waals surface area contributed by atoms with E-state index < -0.39 is 0 Å². The van der Waals surface area contributed by atoms with Gasteiger partial charge in [0.2, 0.25) is 0 Å². The first kappa shape index (κ1) is 16.5. The molecule has 1 rings (SSSR count). The first-order valence-corrected chi connectivity index (χ1v) is 7.22. The molecule has 1 aromatic rings. The van der Waals surface area contributed by atoms with Gasteiger partial charge in [0.25, 0.3) is 5.91 Å². The highest BCUT2D eigenvalue weighted by Gasteiger charge is 2.13. The monoisotopic (exact) mass is 343 g/mol. The molecule has 0 heterocycles. The van der Waals surface area contributed by atoms with Crippen molar-refractivity contribution in [2.45, 2.75) is 20.3 Å². The van der Waals surface area contributed by atoms with Crippen LogP contribution in [0.5, 0.6) is 11.5 Å². The van der Waals surface area contributed by atoms with E-state index >= 15 is 0 Å². The van der Waals surface area contributed by atoms with Crippen LogP contribution in [0.25, 0.3) is 0 Å². The molecule has 20 heavy (non-hydrogen) atoms. The van der Waals surface area contributed by atoms with Gasteiger partial charge in [-0.2, -0.15) is 0 Å². The van der Waals surface area contributed by atoms with Crippen LogP contribution in [0.2, 0.25) is 0 Å². The molecule has 0 saturated heterocycles. The van der Waals surface area contributed by atoms with Crippen molar-refractivity contribution in [2.24, 2.45) is 0 Å². The number of benzene rings is 1. The van der Waals surface area contributed by atoms with E-state index in [0.29, 0.717) is 34.7 Å². The van der Waals surface area contributed by atoms with E-state index in [-0.39, 0.29) is 12.5 Å². The minimum Gasteiger partial charge on any atom is -0.490 e. The molecule has 0 saturated carbocycles. The van der Waals surface area contributed by atoms with Crippen LogP contribution < -0.4 is 14.8 Å². The molecule has 0 radical (unpaired) electrons. The number of hydrogen-bond donors (Lipinski definition) is 1. The summed E-state index contributed by atoms with van der Waals surface area (Å²) >= 11 is 3.32. The van der Waals surface area contributed by atoms with Gasteiger partial charge in [0, 0.05) is 12.1 Å². The van der Waals surface area contributed by atoms with Crippen LogP contribution in [0, 0.1) is 0 Å². The lowest BCUT2D eigenvalue weighted by molar-refractivity contribution is -0.123. The van der Waals surface area contributed by atoms with Crippen molar-refractivity contribution in [1.82, 2.24) is 5.32 Å². The minimum atomic E-state index is -0.194. The largest absolute Gasteiger partial charge is 0.490 e. The van der Waals surface area contributed by atoms with Gasteiger partial charge in [-0.15, -0.1) is 0 Å². The van der Waals surface area contributed by atoms with Gasteiger partial charge in [0.15, 0.2) is 18.1 Å². The number of aldehydes is 1. The number of carbonyl (C=O) groups excluding carboxylic acids is 2. The predicted octanol–water partition coefficient (Wildman–Crippen LogP) is 2.57. The molecule has 1 aromatic carbocycles. The summed E-state index contributed by atoms with van der Waals surface area (Å²) in [6, 6.07) is 3.20. The molecule has 0 fully saturated rings. The fourth-order valence-corrected chi connectivity index (χ4v) is 2.09. The van der Waals surface area contributed by atoms with Gasteiger partial charge in [0.05, 0.1) is 11.1 Å². The van der Waals surface area contributed by atoms with Crippen molar-refractivity contribution in [3.8, 4) is 11.5 Å². The van der Waals surface area contributed by atoms with E-state index in [9.17, 15) is 9.59 Å². The van der Waals surface area contributed by atoms with Crippen LogP contribution >= 0.6 is 15.9 Å². The molecule has 0 atom stereocenters. The Morgan fingerprint density at radius 1 is 1.35 bits per heavy atom. The topological polar surface area (TPSA) is 64.6 Å². The maximum absolute atomic E-state index is 11.5. The minimum absolute atomic E-state index is 0.0981. The van der Waals surface area contributed by atoms with Crippen LogP contribution in [0.15, 0.2) is 16.6 Å². The third-order valence-corrected chi connectivity index (χ3v) is 2.98. The summed E-state index contributed by atoms with van der Waals surface area (Å²) in [6.07, 6.45) is 1.60. The van der Waals surface area contributed by atoms with Gasteiger partial charge in [-0.1, -0.05) is 6.92 Å². The lowest BCUT2D eigenvalue weighted by Crippen LogP contribution is -2.29. The highest BCUT2D eigenvalue weighted by Crippen LogP contribution is 2.36. The normalized spacial score (nSPS) is 9.95. The molecule has 0 aliphatic carbocycles. The quantitative estimate of drug-likeness (QED) is 0.736. The summed E-state index contributed by atoms with van der Waals surface area (Å²) < 4.78 is 11.5. The van der Waals surface area contributed by atoms with Crippen molar-refractivity contribution < 1.29 is 19.1 Å². The third kappa shape index (κ3) is 4.85. The van der Waals surface area contributed by atoms with Crippen molar-refractivity contribution in [2.75, 3.05) is 19.8 Å². The molecule has 6 heteroatoms. The van der Waals surface area contributed by atoms with Crippen molar-refractivity contribution >= 4 is 28.1 Å². The number of rotatable bonds is 8. The molecule has 0 unspecified atom stereocenters. The van der Waals surface area contributed by atoms with Crippen LogP contribution in [-0.4, -0.2) is 32.0 Å². The molecule has 110 valence electrons. The summed E-state index contributed by atoms with van der Waals surface area (Å²) in [7, 11) is 0. The Hall–Kier alpha value is -1.56. The fraction of sp³-hybridized carbons (Fsp3) is 0.429. The number of halogens is 1. The van der Waals surface area contributed by atoms with E-state index in [1.165, 1.54) is 0 Å². The van der Waals surface area contributed by atoms with Crippen LogP contribution in [0.3, 0.4) is 0 Å². The zero-order valence-corrected chi connectivity index (χ0v) is 13.2. The van der Waals surface area contributed by atoms with E-state index in [2.05, 4.69) is 21.2 Å². The summed E-state index contributed by atoms with van der Waals surface area (Å²) in [6.45, 7) is 4.76. The lowest BCUT2D eigenvalue weighted by atomic mass is 10.2. The highest BCUT2D eigenvalue weighted by atomic mass is 79.9. The van der Waals surface area contributed by atoms with Crippen molar-refractivity contribution in [1.29, 1.82) is 0 Å². The van der Waals surface area contributed by atoms with E-state index in [4.69, 9.17) is 9.47 Å². The third-order valence-electron chi connectivity index (χ3n) is 2.39. The second kappa shape index (κ2) is 8.58. The fourth-order valence-electron chi connectivity index (χ4n) is 1.51. The number of hydrogen-bond acceptors (Lipinski definition) is 4. The van der Waals surface area contributed by atoms with E-state index in [0.717, 1.165) is 12.7 Å². The maximum Gasteiger partial charge on any atom is 0.257 e. The van der Waals surface area contributed by atoms with Crippen LogP contribution in [0.4, 0.5) is 0 Å². The Bertz CT molecular complexity index is 476. The Balaban J connectivity index is 2.82. The molecular formula is C14H18BrNO4. The lowest BCUT2D eigenvalue weighted by Gasteiger charge is -2.14. The summed E-state index contributed by atoms with van der Waals surface area (Å²) in [5.74, 6) is 0.664. The van der Waals surface area contributed by atoms with Gasteiger partial charge in [0.1, 0.15) is 6.29 Å². The smallest absolute Gasteiger partial charge is 0.257 e. The van der Waals surface area contributed by atoms with Gasteiger partial charge < -0.3 is 14.8 Å². The standard InChI is InChI=1S/C14H18BrNO4/c1-3-5-16-13(18)9-20-14-11(15)6-10(8-17)7-12(14)19-4-2/h6-8H,3-5,9H2,1-2H3,(H,16,18). The van der Waals surface area contributed by atoms with Gasteiger partial charge in [-0.25, -0.2) is 0 Å². The molecule has 0 aliphatic rings. The molecule has 1 N–H and O–H groups in total. The second-order valence-corrected chi connectivity index (χ2v) is 4.87.